The van der Waals surface area contributed by atoms with Gasteiger partial charge in [-0.25, -0.2) is 4.98 Å². The van der Waals surface area contributed by atoms with Crippen molar-refractivity contribution in [2.75, 3.05) is 13.6 Å². The van der Waals surface area contributed by atoms with E-state index in [0.717, 1.165) is 27.4 Å². The highest BCUT2D eigenvalue weighted by atomic mass is 32.1. The number of hydrogen-bond donors (Lipinski definition) is 2. The summed E-state index contributed by atoms with van der Waals surface area (Å²) in [7, 11) is 1.72. The number of benzene rings is 2. The predicted molar refractivity (Wildman–Crippen MR) is 185 cm³/mol. The smallest absolute Gasteiger partial charge is 0.254 e. The average Bonchev–Trinajstić information content (AvgIpc) is 3.76. The van der Waals surface area contributed by atoms with Crippen molar-refractivity contribution in [3.8, 4) is 5.69 Å². The van der Waals surface area contributed by atoms with E-state index in [9.17, 15) is 14.4 Å². The second-order valence-electron chi connectivity index (χ2n) is 12.0. The quantitative estimate of drug-likeness (QED) is 0.159. The number of rotatable bonds is 14. The Morgan fingerprint density at radius 1 is 0.936 bits per heavy atom. The zero-order valence-corrected chi connectivity index (χ0v) is 28.0. The summed E-state index contributed by atoms with van der Waals surface area (Å²) in [5.74, 6) is -0.469. The standard InChI is InChI=1S/C37H40N6O3S/c1-25(2)31-14-28(19-38-21-31)20-39-22-34(44)33(15-27-10-6-5-7-11-27)41-36(45)29-16-30(18-32(17-29)43-12-8-9-13-43)37(46)42(4)23-35-40-26(3)24-47-35/h5-14,16-19,21,24-25,33,39H,15,20,22-23H2,1-4H3,(H,41,45)/t33-/m0/s1. The summed E-state index contributed by atoms with van der Waals surface area (Å²) in [4.78, 5) is 51.5. The highest BCUT2D eigenvalue weighted by molar-refractivity contribution is 7.09. The van der Waals surface area contributed by atoms with Crippen LogP contribution in [0, 0.1) is 6.92 Å². The van der Waals surface area contributed by atoms with Gasteiger partial charge in [0, 0.05) is 66.3 Å². The molecule has 1 atom stereocenters. The molecule has 3 aromatic heterocycles. The molecule has 0 unspecified atom stereocenters. The van der Waals surface area contributed by atoms with E-state index in [-0.39, 0.29) is 23.8 Å². The number of Topliss-reactive ketones (excluding diaryl/α,β-unsaturated/α-hetero) is 1. The SMILES string of the molecule is Cc1csc(CN(C)C(=O)c2cc(C(=O)N[C@@H](Cc3ccccc3)C(=O)CNCc3cncc(C(C)C)c3)cc(-n3cccc3)c2)n1. The molecule has 2 N–H and O–H groups in total. The van der Waals surface area contributed by atoms with Gasteiger partial charge in [-0.15, -0.1) is 11.3 Å². The second kappa shape index (κ2) is 15.6. The van der Waals surface area contributed by atoms with Crippen molar-refractivity contribution in [1.29, 1.82) is 0 Å². The van der Waals surface area contributed by atoms with E-state index in [1.807, 2.05) is 77.9 Å². The van der Waals surface area contributed by atoms with E-state index in [4.69, 9.17) is 0 Å². The molecule has 0 saturated carbocycles. The number of nitrogens with zero attached hydrogens (tertiary/aromatic N) is 4. The van der Waals surface area contributed by atoms with Gasteiger partial charge in [-0.1, -0.05) is 50.2 Å². The second-order valence-corrected chi connectivity index (χ2v) is 12.9. The van der Waals surface area contributed by atoms with Crippen LogP contribution < -0.4 is 10.6 Å². The summed E-state index contributed by atoms with van der Waals surface area (Å²) in [5, 5.41) is 9.00. The van der Waals surface area contributed by atoms with E-state index in [2.05, 4.69) is 40.5 Å². The first-order valence-electron chi connectivity index (χ1n) is 15.6. The Labute approximate surface area is 279 Å². The summed E-state index contributed by atoms with van der Waals surface area (Å²) in [6, 6.07) is 19.7. The predicted octanol–water partition coefficient (Wildman–Crippen LogP) is 5.73. The molecular weight excluding hydrogens is 609 g/mol. The molecule has 5 aromatic rings. The molecule has 2 aromatic carbocycles. The third-order valence-electron chi connectivity index (χ3n) is 7.80. The number of hydrogen-bond acceptors (Lipinski definition) is 7. The molecule has 0 bridgehead atoms. The van der Waals surface area contributed by atoms with Gasteiger partial charge in [0.2, 0.25) is 0 Å². The maximum atomic E-state index is 13.9. The molecule has 0 aliphatic rings. The molecule has 3 heterocycles. The average molecular weight is 649 g/mol. The number of thiazole rings is 1. The van der Waals surface area contributed by atoms with Crippen LogP contribution >= 0.6 is 11.3 Å². The van der Waals surface area contributed by atoms with Crippen LogP contribution in [0.2, 0.25) is 0 Å². The molecule has 5 rings (SSSR count). The summed E-state index contributed by atoms with van der Waals surface area (Å²) in [5.41, 5.74) is 5.27. The molecule has 242 valence electrons. The minimum Gasteiger partial charge on any atom is -0.342 e. The lowest BCUT2D eigenvalue weighted by molar-refractivity contribution is -0.120. The largest absolute Gasteiger partial charge is 0.342 e. The number of carbonyl (C=O) groups excluding carboxylic acids is 3. The first-order chi connectivity index (χ1) is 22.7. The summed E-state index contributed by atoms with van der Waals surface area (Å²) < 4.78 is 1.84. The molecule has 0 fully saturated rings. The lowest BCUT2D eigenvalue weighted by Crippen LogP contribution is -2.46. The van der Waals surface area contributed by atoms with Gasteiger partial charge in [0.25, 0.3) is 11.8 Å². The van der Waals surface area contributed by atoms with Crippen LogP contribution in [0.4, 0.5) is 0 Å². The van der Waals surface area contributed by atoms with Crippen LogP contribution in [-0.4, -0.2) is 56.7 Å². The molecule has 0 saturated heterocycles. The van der Waals surface area contributed by atoms with Gasteiger partial charge in [0.1, 0.15) is 5.01 Å². The van der Waals surface area contributed by atoms with Crippen LogP contribution in [0.3, 0.4) is 0 Å². The highest BCUT2D eigenvalue weighted by Crippen LogP contribution is 2.19. The number of aromatic nitrogens is 3. The first kappa shape index (κ1) is 33.4. The topological polar surface area (TPSA) is 109 Å². The molecule has 47 heavy (non-hydrogen) atoms. The van der Waals surface area contributed by atoms with Crippen molar-refractivity contribution in [3.05, 3.63) is 135 Å². The molecule has 0 aliphatic carbocycles. The number of pyridine rings is 1. The van der Waals surface area contributed by atoms with E-state index < -0.39 is 11.9 Å². The first-order valence-corrected chi connectivity index (χ1v) is 16.5. The Morgan fingerprint density at radius 3 is 2.38 bits per heavy atom. The molecule has 9 nitrogen and oxygen atoms in total. The maximum Gasteiger partial charge on any atom is 0.254 e. The molecule has 10 heteroatoms. The van der Waals surface area contributed by atoms with E-state index in [1.165, 1.54) is 11.3 Å². The van der Waals surface area contributed by atoms with Crippen molar-refractivity contribution in [2.24, 2.45) is 0 Å². The Balaban J connectivity index is 1.36. The fraction of sp³-hybridized carbons (Fsp3) is 0.270. The fourth-order valence-electron chi connectivity index (χ4n) is 5.20. The van der Waals surface area contributed by atoms with Crippen molar-refractivity contribution in [3.63, 3.8) is 0 Å². The van der Waals surface area contributed by atoms with Gasteiger partial charge < -0.3 is 20.1 Å². The zero-order valence-electron chi connectivity index (χ0n) is 27.1. The van der Waals surface area contributed by atoms with Gasteiger partial charge in [-0.3, -0.25) is 19.4 Å². The van der Waals surface area contributed by atoms with Gasteiger partial charge >= 0.3 is 0 Å². The number of carbonyl (C=O) groups is 3. The number of aryl methyl sites for hydroxylation is 1. The van der Waals surface area contributed by atoms with Crippen molar-refractivity contribution in [2.45, 2.75) is 52.2 Å². The van der Waals surface area contributed by atoms with E-state index >= 15 is 0 Å². The Bertz CT molecular complexity index is 1820. The monoisotopic (exact) mass is 648 g/mol. The maximum absolute atomic E-state index is 13.9. The minimum atomic E-state index is -0.789. The van der Waals surface area contributed by atoms with Crippen molar-refractivity contribution >= 4 is 28.9 Å². The summed E-state index contributed by atoms with van der Waals surface area (Å²) in [6.07, 6.45) is 7.68. The van der Waals surface area contributed by atoms with E-state index in [0.29, 0.717) is 36.7 Å². The number of amides is 2. The third kappa shape index (κ3) is 9.08. The van der Waals surface area contributed by atoms with Crippen LogP contribution in [0.1, 0.15) is 67.9 Å². The van der Waals surface area contributed by atoms with Crippen LogP contribution in [0.15, 0.2) is 96.9 Å². The van der Waals surface area contributed by atoms with Gasteiger partial charge in [-0.2, -0.15) is 0 Å². The van der Waals surface area contributed by atoms with E-state index in [1.54, 1.807) is 36.3 Å². The summed E-state index contributed by atoms with van der Waals surface area (Å²) >= 11 is 1.50. The van der Waals surface area contributed by atoms with Crippen LogP contribution in [0.25, 0.3) is 5.69 Å². The van der Waals surface area contributed by atoms with Crippen molar-refractivity contribution < 1.29 is 14.4 Å². The zero-order chi connectivity index (χ0) is 33.3. The number of ketones is 1. The molecule has 0 radical (unpaired) electrons. The van der Waals surface area contributed by atoms with Crippen LogP contribution in [0.5, 0.6) is 0 Å². The lowest BCUT2D eigenvalue weighted by Gasteiger charge is -2.20. The van der Waals surface area contributed by atoms with Gasteiger partial charge in [0.15, 0.2) is 5.78 Å². The molecular formula is C37H40N6O3S. The third-order valence-corrected chi connectivity index (χ3v) is 8.75. The van der Waals surface area contributed by atoms with Crippen LogP contribution in [-0.2, 0) is 24.3 Å². The normalized spacial score (nSPS) is 11.8. The number of nitrogens with one attached hydrogen (secondary N) is 2. The summed E-state index contributed by atoms with van der Waals surface area (Å²) in [6.45, 7) is 7.04. The molecule has 0 aliphatic heterocycles. The fourth-order valence-corrected chi connectivity index (χ4v) is 6.03. The molecule has 0 spiro atoms. The molecule has 2 amide bonds. The Morgan fingerprint density at radius 2 is 1.68 bits per heavy atom. The van der Waals surface area contributed by atoms with Gasteiger partial charge in [0.05, 0.1) is 19.1 Å². The van der Waals surface area contributed by atoms with Gasteiger partial charge in [-0.05, 0) is 66.3 Å². The van der Waals surface area contributed by atoms with Crippen molar-refractivity contribution in [1.82, 2.24) is 30.1 Å². The Kier molecular flexibility index (Phi) is 11.1. The Hall–Kier alpha value is -4.93. The lowest BCUT2D eigenvalue weighted by atomic mass is 10.0. The minimum absolute atomic E-state index is 0.0673. The highest BCUT2D eigenvalue weighted by Gasteiger charge is 2.24.